The highest BCUT2D eigenvalue weighted by molar-refractivity contribution is 5.40. The van der Waals surface area contributed by atoms with Gasteiger partial charge in [0.1, 0.15) is 6.61 Å². The van der Waals surface area contributed by atoms with E-state index in [0.717, 1.165) is 17.0 Å². The molecule has 0 radical (unpaired) electrons. The fourth-order valence-electron chi connectivity index (χ4n) is 2.64. The van der Waals surface area contributed by atoms with E-state index in [1.54, 1.807) is 0 Å². The van der Waals surface area contributed by atoms with E-state index in [9.17, 15) is 0 Å². The van der Waals surface area contributed by atoms with Crippen molar-refractivity contribution in [1.82, 2.24) is 0 Å². The average molecular weight is 258 g/mol. The van der Waals surface area contributed by atoms with Gasteiger partial charge in [-0.15, -0.1) is 0 Å². The van der Waals surface area contributed by atoms with Crippen molar-refractivity contribution < 1.29 is 9.84 Å². The number of ether oxygens (including phenoxy) is 1. The third kappa shape index (κ3) is 4.38. The van der Waals surface area contributed by atoms with Gasteiger partial charge in [-0.05, 0) is 30.4 Å². The molecule has 0 heterocycles. The van der Waals surface area contributed by atoms with Crippen LogP contribution in [0.2, 0.25) is 0 Å². The molecule has 2 heteroatoms. The first-order valence-electron chi connectivity index (χ1n) is 7.09. The lowest BCUT2D eigenvalue weighted by Gasteiger charge is -2.27. The maximum absolute atomic E-state index is 8.78. The summed E-state index contributed by atoms with van der Waals surface area (Å²) < 4.78 is 6.03. The first kappa shape index (κ1) is 14.1. The summed E-state index contributed by atoms with van der Waals surface area (Å²) in [6, 6.07) is 8.00. The molecule has 2 nitrogen and oxygen atoms in total. The normalized spacial score (nSPS) is 22.6. The SMILES string of the molecule is CC1CCCC(OCc2ccccc2C#CCO)C1. The molecule has 102 valence electrons. The minimum absolute atomic E-state index is 0.102. The van der Waals surface area contributed by atoms with Gasteiger partial charge in [-0.2, -0.15) is 0 Å². The number of aliphatic hydroxyl groups is 1. The second kappa shape index (κ2) is 7.33. The molecule has 0 spiro atoms. The highest BCUT2D eigenvalue weighted by atomic mass is 16.5. The van der Waals surface area contributed by atoms with Gasteiger partial charge in [0, 0.05) is 5.56 Å². The van der Waals surface area contributed by atoms with Crippen LogP contribution in [0.25, 0.3) is 0 Å². The maximum atomic E-state index is 8.78. The Hall–Kier alpha value is -1.30. The van der Waals surface area contributed by atoms with Crippen molar-refractivity contribution in [1.29, 1.82) is 0 Å². The molecule has 1 aromatic rings. The van der Waals surface area contributed by atoms with E-state index in [1.165, 1.54) is 25.7 Å². The van der Waals surface area contributed by atoms with Gasteiger partial charge in [0.25, 0.3) is 0 Å². The summed E-state index contributed by atoms with van der Waals surface area (Å²) in [4.78, 5) is 0. The second-order valence-corrected chi connectivity index (χ2v) is 5.32. The molecule has 0 aliphatic heterocycles. The molecule has 19 heavy (non-hydrogen) atoms. The summed E-state index contributed by atoms with van der Waals surface area (Å²) in [7, 11) is 0. The summed E-state index contributed by atoms with van der Waals surface area (Å²) >= 11 is 0. The molecule has 1 aliphatic rings. The Labute approximate surface area is 115 Å². The second-order valence-electron chi connectivity index (χ2n) is 5.32. The molecule has 1 aliphatic carbocycles. The molecule has 0 aromatic heterocycles. The quantitative estimate of drug-likeness (QED) is 0.844. The van der Waals surface area contributed by atoms with Crippen molar-refractivity contribution in [2.75, 3.05) is 6.61 Å². The van der Waals surface area contributed by atoms with E-state index in [2.05, 4.69) is 18.8 Å². The van der Waals surface area contributed by atoms with Gasteiger partial charge in [-0.25, -0.2) is 0 Å². The van der Waals surface area contributed by atoms with E-state index in [4.69, 9.17) is 9.84 Å². The molecule has 1 N–H and O–H groups in total. The van der Waals surface area contributed by atoms with E-state index < -0.39 is 0 Å². The lowest BCUT2D eigenvalue weighted by Crippen LogP contribution is -2.21. The molecule has 0 saturated heterocycles. The first-order chi connectivity index (χ1) is 9.29. The van der Waals surface area contributed by atoms with Crippen molar-refractivity contribution in [3.63, 3.8) is 0 Å². The molecule has 2 rings (SSSR count). The zero-order valence-corrected chi connectivity index (χ0v) is 11.6. The van der Waals surface area contributed by atoms with Gasteiger partial charge in [0.2, 0.25) is 0 Å². The molecule has 1 aromatic carbocycles. The van der Waals surface area contributed by atoms with Crippen molar-refractivity contribution in [3.8, 4) is 11.8 Å². The van der Waals surface area contributed by atoms with Crippen LogP contribution in [0.1, 0.15) is 43.7 Å². The topological polar surface area (TPSA) is 29.5 Å². The van der Waals surface area contributed by atoms with E-state index in [1.807, 2.05) is 24.3 Å². The molecule has 2 unspecified atom stereocenters. The molecule has 0 bridgehead atoms. The Kier molecular flexibility index (Phi) is 5.44. The smallest absolute Gasteiger partial charge is 0.104 e. The lowest BCUT2D eigenvalue weighted by atomic mass is 9.89. The largest absolute Gasteiger partial charge is 0.384 e. The zero-order valence-electron chi connectivity index (χ0n) is 11.6. The highest BCUT2D eigenvalue weighted by Crippen LogP contribution is 2.26. The van der Waals surface area contributed by atoms with Gasteiger partial charge in [0.15, 0.2) is 0 Å². The van der Waals surface area contributed by atoms with Crippen molar-refractivity contribution in [2.24, 2.45) is 5.92 Å². The predicted octanol–water partition coefficient (Wildman–Crippen LogP) is 3.13. The van der Waals surface area contributed by atoms with Gasteiger partial charge >= 0.3 is 0 Å². The Morgan fingerprint density at radius 3 is 2.95 bits per heavy atom. The fraction of sp³-hybridized carbons (Fsp3) is 0.529. The van der Waals surface area contributed by atoms with Crippen LogP contribution < -0.4 is 0 Å². The Morgan fingerprint density at radius 1 is 1.32 bits per heavy atom. The first-order valence-corrected chi connectivity index (χ1v) is 7.09. The van der Waals surface area contributed by atoms with Crippen molar-refractivity contribution >= 4 is 0 Å². The minimum Gasteiger partial charge on any atom is -0.384 e. The van der Waals surface area contributed by atoms with Gasteiger partial charge in [0.05, 0.1) is 12.7 Å². The molecule has 2 atom stereocenters. The predicted molar refractivity (Wildman–Crippen MR) is 76.6 cm³/mol. The van der Waals surface area contributed by atoms with Gasteiger partial charge < -0.3 is 9.84 Å². The van der Waals surface area contributed by atoms with Crippen molar-refractivity contribution in [2.45, 2.75) is 45.3 Å². The number of aliphatic hydroxyl groups excluding tert-OH is 1. The van der Waals surface area contributed by atoms with E-state index >= 15 is 0 Å². The Balaban J connectivity index is 1.95. The highest BCUT2D eigenvalue weighted by Gasteiger charge is 2.19. The summed E-state index contributed by atoms with van der Waals surface area (Å²) in [5.41, 5.74) is 2.07. The Morgan fingerprint density at radius 2 is 2.16 bits per heavy atom. The van der Waals surface area contributed by atoms with E-state index in [0.29, 0.717) is 12.7 Å². The molecular weight excluding hydrogens is 236 g/mol. The number of rotatable bonds is 3. The molecule has 1 fully saturated rings. The molecule has 1 saturated carbocycles. The van der Waals surface area contributed by atoms with Gasteiger partial charge in [-0.3, -0.25) is 0 Å². The number of hydrogen-bond donors (Lipinski definition) is 1. The minimum atomic E-state index is -0.102. The maximum Gasteiger partial charge on any atom is 0.104 e. The van der Waals surface area contributed by atoms with Crippen LogP contribution in [0.4, 0.5) is 0 Å². The van der Waals surface area contributed by atoms with Gasteiger partial charge in [-0.1, -0.05) is 49.8 Å². The van der Waals surface area contributed by atoms with Crippen LogP contribution in [0.3, 0.4) is 0 Å². The monoisotopic (exact) mass is 258 g/mol. The summed E-state index contributed by atoms with van der Waals surface area (Å²) in [6.45, 7) is 2.82. The summed E-state index contributed by atoms with van der Waals surface area (Å²) in [5, 5.41) is 8.78. The van der Waals surface area contributed by atoms with Crippen LogP contribution in [0.5, 0.6) is 0 Å². The standard InChI is InChI=1S/C17H22O2/c1-14-6-4-10-17(12-14)19-13-16-8-3-2-7-15(16)9-5-11-18/h2-3,7-8,14,17-18H,4,6,10-13H2,1H3. The third-order valence-corrected chi connectivity index (χ3v) is 3.68. The summed E-state index contributed by atoms with van der Waals surface area (Å²) in [5.74, 6) is 6.46. The van der Waals surface area contributed by atoms with Crippen LogP contribution in [0, 0.1) is 17.8 Å². The van der Waals surface area contributed by atoms with E-state index in [-0.39, 0.29) is 6.61 Å². The van der Waals surface area contributed by atoms with Crippen molar-refractivity contribution in [3.05, 3.63) is 35.4 Å². The number of benzene rings is 1. The average Bonchev–Trinajstić information content (AvgIpc) is 2.44. The third-order valence-electron chi connectivity index (χ3n) is 3.68. The van der Waals surface area contributed by atoms with Crippen LogP contribution in [-0.4, -0.2) is 17.8 Å². The summed E-state index contributed by atoms with van der Waals surface area (Å²) in [6.07, 6.45) is 5.35. The Bertz CT molecular complexity index is 456. The zero-order chi connectivity index (χ0) is 13.5. The fourth-order valence-corrected chi connectivity index (χ4v) is 2.64. The van der Waals surface area contributed by atoms with Crippen LogP contribution in [-0.2, 0) is 11.3 Å². The lowest BCUT2D eigenvalue weighted by molar-refractivity contribution is 0.00459. The van der Waals surface area contributed by atoms with Crippen LogP contribution >= 0.6 is 0 Å². The van der Waals surface area contributed by atoms with Crippen LogP contribution in [0.15, 0.2) is 24.3 Å². The molecular formula is C17H22O2. The molecule has 0 amide bonds. The number of hydrogen-bond acceptors (Lipinski definition) is 2.